The van der Waals surface area contributed by atoms with E-state index in [1.807, 2.05) is 37.3 Å². The van der Waals surface area contributed by atoms with E-state index < -0.39 is 20.5 Å². The minimum atomic E-state index is -2.97. The zero-order chi connectivity index (χ0) is 12.9. The van der Waals surface area contributed by atoms with Crippen LogP contribution in [-0.2, 0) is 18.4 Å². The van der Waals surface area contributed by atoms with Crippen molar-refractivity contribution in [1.29, 1.82) is 0 Å². The van der Waals surface area contributed by atoms with Gasteiger partial charge in [-0.25, -0.2) is 0 Å². The summed E-state index contributed by atoms with van der Waals surface area (Å²) in [5, 5.41) is 0.785. The lowest BCUT2D eigenvalue weighted by molar-refractivity contribution is -0.138. The highest BCUT2D eigenvalue weighted by molar-refractivity contribution is 6.83. The molecule has 0 amide bonds. The third-order valence-corrected chi connectivity index (χ3v) is 5.67. The van der Waals surface area contributed by atoms with Crippen molar-refractivity contribution in [2.24, 2.45) is 0 Å². The molecule has 0 heterocycles. The highest BCUT2D eigenvalue weighted by Gasteiger charge is 2.44. The molecule has 0 atom stereocenters. The molecule has 0 aliphatic heterocycles. The summed E-state index contributed by atoms with van der Waals surface area (Å²) in [6, 6.07) is 9.67. The van der Waals surface area contributed by atoms with Crippen LogP contribution in [0.5, 0.6) is 0 Å². The fourth-order valence-electron chi connectivity index (χ4n) is 1.64. The lowest BCUT2D eigenvalue weighted by Crippen LogP contribution is -2.55. The molecule has 0 saturated carbocycles. The van der Waals surface area contributed by atoms with E-state index in [4.69, 9.17) is 8.85 Å². The molecule has 0 spiro atoms. The van der Waals surface area contributed by atoms with Crippen LogP contribution in [0.15, 0.2) is 30.3 Å². The summed E-state index contributed by atoms with van der Waals surface area (Å²) in [4.78, 5) is 22.4. The SMILES string of the molecule is CC[Si](OC(C)=O)(OC(C)=O)c1ccccc1. The molecule has 1 aromatic carbocycles. The monoisotopic (exact) mass is 252 g/mol. The maximum Gasteiger partial charge on any atom is 0.499 e. The van der Waals surface area contributed by atoms with Crippen molar-refractivity contribution in [3.8, 4) is 0 Å². The molecule has 0 saturated heterocycles. The first-order valence-electron chi connectivity index (χ1n) is 5.45. The zero-order valence-corrected chi connectivity index (χ0v) is 11.2. The van der Waals surface area contributed by atoms with E-state index in [1.54, 1.807) is 0 Å². The van der Waals surface area contributed by atoms with Crippen LogP contribution in [0.2, 0.25) is 6.04 Å². The molecule has 0 fully saturated rings. The smallest absolute Gasteiger partial charge is 0.482 e. The molecule has 0 aromatic heterocycles. The van der Waals surface area contributed by atoms with Crippen LogP contribution < -0.4 is 5.19 Å². The summed E-state index contributed by atoms with van der Waals surface area (Å²) >= 11 is 0. The maximum absolute atomic E-state index is 11.2. The summed E-state index contributed by atoms with van der Waals surface area (Å²) < 4.78 is 10.7. The molecule has 0 aliphatic carbocycles. The van der Waals surface area contributed by atoms with Gasteiger partial charge in [0.2, 0.25) is 0 Å². The predicted molar refractivity (Wildman–Crippen MR) is 65.8 cm³/mol. The Labute approximate surface area is 102 Å². The fraction of sp³-hybridized carbons (Fsp3) is 0.333. The third kappa shape index (κ3) is 3.42. The molecule has 92 valence electrons. The Kier molecular flexibility index (Phi) is 4.45. The lowest BCUT2D eigenvalue weighted by Gasteiger charge is -2.27. The van der Waals surface area contributed by atoms with E-state index in [1.165, 1.54) is 13.8 Å². The normalized spacial score (nSPS) is 10.8. The van der Waals surface area contributed by atoms with E-state index in [2.05, 4.69) is 0 Å². The van der Waals surface area contributed by atoms with Crippen LogP contribution in [0.1, 0.15) is 20.8 Å². The molecule has 0 bridgehead atoms. The zero-order valence-electron chi connectivity index (χ0n) is 10.2. The Morgan fingerprint density at radius 1 is 1.06 bits per heavy atom. The van der Waals surface area contributed by atoms with Gasteiger partial charge in [-0.15, -0.1) is 0 Å². The average Bonchev–Trinajstić information content (AvgIpc) is 2.28. The first-order valence-corrected chi connectivity index (χ1v) is 7.47. The van der Waals surface area contributed by atoms with E-state index in [0.717, 1.165) is 5.19 Å². The Balaban J connectivity index is 3.15. The third-order valence-electron chi connectivity index (χ3n) is 2.30. The molecule has 17 heavy (non-hydrogen) atoms. The predicted octanol–water partition coefficient (Wildman–Crippen LogP) is 1.48. The quantitative estimate of drug-likeness (QED) is 0.762. The maximum atomic E-state index is 11.2. The second-order valence-corrected chi connectivity index (χ2v) is 6.86. The van der Waals surface area contributed by atoms with Crippen LogP contribution in [0, 0.1) is 0 Å². The first-order chi connectivity index (χ1) is 8.00. The molecular formula is C12H16O4Si. The molecular weight excluding hydrogens is 236 g/mol. The van der Waals surface area contributed by atoms with Gasteiger partial charge in [0.15, 0.2) is 0 Å². The van der Waals surface area contributed by atoms with E-state index in [0.29, 0.717) is 6.04 Å². The molecule has 1 aromatic rings. The van der Waals surface area contributed by atoms with E-state index in [9.17, 15) is 9.59 Å². The summed E-state index contributed by atoms with van der Waals surface area (Å²) in [6.45, 7) is 4.50. The Morgan fingerprint density at radius 2 is 1.53 bits per heavy atom. The molecule has 0 aliphatic rings. The highest BCUT2D eigenvalue weighted by Crippen LogP contribution is 2.14. The van der Waals surface area contributed by atoms with Gasteiger partial charge in [-0.1, -0.05) is 37.3 Å². The Morgan fingerprint density at radius 3 is 1.88 bits per heavy atom. The van der Waals surface area contributed by atoms with Gasteiger partial charge in [0.25, 0.3) is 11.9 Å². The first kappa shape index (κ1) is 13.4. The molecule has 5 heteroatoms. The van der Waals surface area contributed by atoms with Gasteiger partial charge >= 0.3 is 8.56 Å². The summed E-state index contributed by atoms with van der Waals surface area (Å²) in [5.41, 5.74) is 0. The van der Waals surface area contributed by atoms with Gasteiger partial charge in [0.05, 0.1) is 0 Å². The van der Waals surface area contributed by atoms with Gasteiger partial charge in [-0.2, -0.15) is 0 Å². The van der Waals surface area contributed by atoms with Gasteiger partial charge < -0.3 is 8.85 Å². The molecule has 0 radical (unpaired) electrons. The second-order valence-electron chi connectivity index (χ2n) is 3.66. The van der Waals surface area contributed by atoms with Crippen molar-refractivity contribution in [2.75, 3.05) is 0 Å². The van der Waals surface area contributed by atoms with E-state index >= 15 is 0 Å². The largest absolute Gasteiger partial charge is 0.499 e. The second kappa shape index (κ2) is 5.63. The minimum Gasteiger partial charge on any atom is -0.482 e. The Hall–Kier alpha value is -1.62. The standard InChI is InChI=1S/C12H16O4Si/c1-4-17(15-10(2)13,16-11(3)14)12-8-6-5-7-9-12/h5-9H,4H2,1-3H3. The van der Waals surface area contributed by atoms with Crippen LogP contribution in [0.3, 0.4) is 0 Å². The average molecular weight is 252 g/mol. The molecule has 1 rings (SSSR count). The Bertz CT molecular complexity index is 386. The number of carbonyl (C=O) groups is 2. The van der Waals surface area contributed by atoms with Gasteiger partial charge in [-0.05, 0) is 0 Å². The molecule has 0 N–H and O–H groups in total. The summed E-state index contributed by atoms with van der Waals surface area (Å²) in [6.07, 6.45) is 0. The van der Waals surface area contributed by atoms with Crippen molar-refractivity contribution in [3.63, 3.8) is 0 Å². The number of rotatable bonds is 4. The van der Waals surface area contributed by atoms with Gasteiger partial charge in [0.1, 0.15) is 0 Å². The van der Waals surface area contributed by atoms with Gasteiger partial charge in [0, 0.05) is 25.1 Å². The van der Waals surface area contributed by atoms with Crippen molar-refractivity contribution >= 4 is 25.7 Å². The number of hydrogen-bond acceptors (Lipinski definition) is 4. The van der Waals surface area contributed by atoms with Crippen molar-refractivity contribution in [1.82, 2.24) is 0 Å². The number of hydrogen-bond donors (Lipinski definition) is 0. The minimum absolute atomic E-state index is 0.427. The van der Waals surface area contributed by atoms with E-state index in [-0.39, 0.29) is 0 Å². The molecule has 4 nitrogen and oxygen atoms in total. The molecule has 0 unspecified atom stereocenters. The number of benzene rings is 1. The van der Waals surface area contributed by atoms with Crippen molar-refractivity contribution in [3.05, 3.63) is 30.3 Å². The number of carbonyl (C=O) groups excluding carboxylic acids is 2. The van der Waals surface area contributed by atoms with Crippen molar-refractivity contribution in [2.45, 2.75) is 26.8 Å². The topological polar surface area (TPSA) is 52.6 Å². The fourth-order valence-corrected chi connectivity index (χ4v) is 4.25. The summed E-state index contributed by atoms with van der Waals surface area (Å²) in [5.74, 6) is -0.854. The van der Waals surface area contributed by atoms with Crippen LogP contribution in [0.25, 0.3) is 0 Å². The van der Waals surface area contributed by atoms with Crippen LogP contribution in [0.4, 0.5) is 0 Å². The van der Waals surface area contributed by atoms with Crippen LogP contribution in [-0.4, -0.2) is 20.5 Å². The van der Waals surface area contributed by atoms with Crippen LogP contribution >= 0.6 is 0 Å². The summed E-state index contributed by atoms with van der Waals surface area (Å²) in [7, 11) is -2.97. The van der Waals surface area contributed by atoms with Crippen molar-refractivity contribution < 1.29 is 18.4 Å². The lowest BCUT2D eigenvalue weighted by atomic mass is 10.4. The highest BCUT2D eigenvalue weighted by atomic mass is 28.4. The van der Waals surface area contributed by atoms with Gasteiger partial charge in [-0.3, -0.25) is 9.59 Å².